The van der Waals surface area contributed by atoms with E-state index >= 15 is 0 Å². The Morgan fingerprint density at radius 3 is 2.50 bits per heavy atom. The highest BCUT2D eigenvalue weighted by Gasteiger charge is 1.98. The summed E-state index contributed by atoms with van der Waals surface area (Å²) in [4.78, 5) is 1.95. The van der Waals surface area contributed by atoms with Gasteiger partial charge in [0.15, 0.2) is 5.11 Å². The van der Waals surface area contributed by atoms with Crippen LogP contribution in [-0.4, -0.2) is 23.1 Å². The number of nitrogens with zero attached hydrogens (tertiary/aromatic N) is 1. The van der Waals surface area contributed by atoms with Crippen LogP contribution < -0.4 is 5.73 Å². The first-order chi connectivity index (χ1) is 5.57. The van der Waals surface area contributed by atoms with E-state index in [0.717, 1.165) is 13.1 Å². The lowest BCUT2D eigenvalue weighted by Gasteiger charge is -2.18. The van der Waals surface area contributed by atoms with Gasteiger partial charge in [0.2, 0.25) is 0 Å². The molecule has 2 nitrogen and oxygen atoms in total. The van der Waals surface area contributed by atoms with Crippen molar-refractivity contribution in [2.45, 2.75) is 20.8 Å². The van der Waals surface area contributed by atoms with E-state index in [-0.39, 0.29) is 0 Å². The second kappa shape index (κ2) is 6.00. The molecule has 0 aliphatic rings. The first-order valence-corrected chi connectivity index (χ1v) is 4.69. The van der Waals surface area contributed by atoms with Crippen molar-refractivity contribution in [3.05, 3.63) is 12.2 Å². The zero-order valence-electron chi connectivity index (χ0n) is 8.08. The SMILES string of the molecule is CCN(CC=CC(C)C)C(N)=S. The molecule has 0 rings (SSSR count). The number of hydrogen-bond donors (Lipinski definition) is 1. The van der Waals surface area contributed by atoms with Gasteiger partial charge in [-0.05, 0) is 25.1 Å². The van der Waals surface area contributed by atoms with Crippen LogP contribution in [0.15, 0.2) is 12.2 Å². The lowest BCUT2D eigenvalue weighted by atomic mass is 10.2. The van der Waals surface area contributed by atoms with Gasteiger partial charge in [-0.15, -0.1) is 0 Å². The standard InChI is InChI=1S/C9H18N2S/c1-4-11(9(10)12)7-5-6-8(2)3/h5-6,8H,4,7H2,1-3H3,(H2,10,12). The Morgan fingerprint density at radius 1 is 1.58 bits per heavy atom. The van der Waals surface area contributed by atoms with Crippen LogP contribution in [0.25, 0.3) is 0 Å². The van der Waals surface area contributed by atoms with Crippen molar-refractivity contribution in [3.8, 4) is 0 Å². The second-order valence-corrected chi connectivity index (χ2v) is 3.47. The summed E-state index contributed by atoms with van der Waals surface area (Å²) in [5.74, 6) is 0.593. The van der Waals surface area contributed by atoms with Gasteiger partial charge in [0.1, 0.15) is 0 Å². The zero-order chi connectivity index (χ0) is 9.56. The van der Waals surface area contributed by atoms with Gasteiger partial charge in [0, 0.05) is 13.1 Å². The Kier molecular flexibility index (Phi) is 5.72. The molecule has 0 saturated heterocycles. The fourth-order valence-electron chi connectivity index (χ4n) is 0.835. The van der Waals surface area contributed by atoms with Crippen molar-refractivity contribution in [2.24, 2.45) is 11.7 Å². The van der Waals surface area contributed by atoms with Crippen LogP contribution in [0.3, 0.4) is 0 Å². The van der Waals surface area contributed by atoms with Gasteiger partial charge in [-0.2, -0.15) is 0 Å². The Bertz CT molecular complexity index is 164. The van der Waals surface area contributed by atoms with Gasteiger partial charge in [0.25, 0.3) is 0 Å². The molecule has 0 radical (unpaired) electrons. The Labute approximate surface area is 80.4 Å². The maximum Gasteiger partial charge on any atom is 0.166 e. The number of rotatable bonds is 4. The van der Waals surface area contributed by atoms with E-state index < -0.39 is 0 Å². The molecule has 0 bridgehead atoms. The molecule has 0 spiro atoms. The zero-order valence-corrected chi connectivity index (χ0v) is 8.90. The molecule has 2 N–H and O–H groups in total. The van der Waals surface area contributed by atoms with Gasteiger partial charge in [-0.3, -0.25) is 0 Å². The third-order valence-electron chi connectivity index (χ3n) is 1.54. The highest BCUT2D eigenvalue weighted by atomic mass is 32.1. The van der Waals surface area contributed by atoms with Crippen molar-refractivity contribution in [3.63, 3.8) is 0 Å². The third-order valence-corrected chi connectivity index (χ3v) is 1.80. The monoisotopic (exact) mass is 186 g/mol. The van der Waals surface area contributed by atoms with Crippen LogP contribution in [-0.2, 0) is 0 Å². The summed E-state index contributed by atoms with van der Waals surface area (Å²) >= 11 is 4.86. The smallest absolute Gasteiger partial charge is 0.166 e. The Morgan fingerprint density at radius 2 is 2.17 bits per heavy atom. The fraction of sp³-hybridized carbons (Fsp3) is 0.667. The maximum atomic E-state index is 5.49. The van der Waals surface area contributed by atoms with Crippen LogP contribution in [0.4, 0.5) is 0 Å². The van der Waals surface area contributed by atoms with Gasteiger partial charge in [-0.1, -0.05) is 26.0 Å². The predicted octanol–water partition coefficient (Wildman–Crippen LogP) is 1.76. The number of thiocarbonyl (C=S) groups is 1. The minimum absolute atomic E-state index is 0.478. The molecule has 0 unspecified atom stereocenters. The van der Waals surface area contributed by atoms with Crippen LogP contribution in [0.2, 0.25) is 0 Å². The number of allylic oxidation sites excluding steroid dienone is 1. The van der Waals surface area contributed by atoms with Crippen molar-refractivity contribution in [1.82, 2.24) is 4.90 Å². The molecule has 0 amide bonds. The van der Waals surface area contributed by atoms with E-state index in [1.54, 1.807) is 0 Å². The van der Waals surface area contributed by atoms with Gasteiger partial charge < -0.3 is 10.6 Å². The molecule has 0 saturated carbocycles. The number of nitrogens with two attached hydrogens (primary N) is 1. The summed E-state index contributed by atoms with van der Waals surface area (Å²) in [6.45, 7) is 8.03. The maximum absolute atomic E-state index is 5.49. The fourth-order valence-corrected chi connectivity index (χ4v) is 1.04. The van der Waals surface area contributed by atoms with E-state index in [0.29, 0.717) is 11.0 Å². The van der Waals surface area contributed by atoms with Crippen molar-refractivity contribution >= 4 is 17.3 Å². The molecule has 3 heteroatoms. The molecule has 0 aromatic carbocycles. The molecule has 12 heavy (non-hydrogen) atoms. The summed E-state index contributed by atoms with van der Waals surface area (Å²) in [6, 6.07) is 0. The average molecular weight is 186 g/mol. The normalized spacial score (nSPS) is 11.0. The lowest BCUT2D eigenvalue weighted by Crippen LogP contribution is -2.35. The summed E-state index contributed by atoms with van der Waals surface area (Å²) in [7, 11) is 0. The molecular formula is C9H18N2S. The van der Waals surface area contributed by atoms with Gasteiger partial charge in [-0.25, -0.2) is 0 Å². The first-order valence-electron chi connectivity index (χ1n) is 4.29. The van der Waals surface area contributed by atoms with Crippen molar-refractivity contribution in [1.29, 1.82) is 0 Å². The van der Waals surface area contributed by atoms with Crippen LogP contribution in [0.5, 0.6) is 0 Å². The van der Waals surface area contributed by atoms with E-state index in [4.69, 9.17) is 18.0 Å². The number of hydrogen-bond acceptors (Lipinski definition) is 1. The van der Waals surface area contributed by atoms with Crippen LogP contribution >= 0.6 is 12.2 Å². The summed E-state index contributed by atoms with van der Waals surface area (Å²) < 4.78 is 0. The largest absolute Gasteiger partial charge is 0.376 e. The Balaban J connectivity index is 3.80. The van der Waals surface area contributed by atoms with E-state index in [1.165, 1.54) is 0 Å². The van der Waals surface area contributed by atoms with E-state index in [1.807, 2.05) is 11.8 Å². The lowest BCUT2D eigenvalue weighted by molar-refractivity contribution is 0.491. The highest BCUT2D eigenvalue weighted by Crippen LogP contribution is 1.95. The average Bonchev–Trinajstić information content (AvgIpc) is 1.96. The first kappa shape index (κ1) is 11.4. The van der Waals surface area contributed by atoms with E-state index in [9.17, 15) is 0 Å². The summed E-state index contributed by atoms with van der Waals surface area (Å²) in [6.07, 6.45) is 4.26. The predicted molar refractivity (Wildman–Crippen MR) is 58.0 cm³/mol. The molecule has 0 aromatic rings. The minimum atomic E-state index is 0.478. The summed E-state index contributed by atoms with van der Waals surface area (Å²) in [5, 5.41) is 0.478. The van der Waals surface area contributed by atoms with Gasteiger partial charge >= 0.3 is 0 Å². The highest BCUT2D eigenvalue weighted by molar-refractivity contribution is 7.80. The molecule has 0 heterocycles. The topological polar surface area (TPSA) is 29.3 Å². The third kappa shape index (κ3) is 5.13. The molecule has 0 aliphatic heterocycles. The summed E-state index contributed by atoms with van der Waals surface area (Å²) in [5.41, 5.74) is 5.49. The molecule has 0 aliphatic carbocycles. The van der Waals surface area contributed by atoms with Crippen molar-refractivity contribution in [2.75, 3.05) is 13.1 Å². The van der Waals surface area contributed by atoms with E-state index in [2.05, 4.69) is 26.0 Å². The molecule has 0 fully saturated rings. The minimum Gasteiger partial charge on any atom is -0.376 e. The van der Waals surface area contributed by atoms with Gasteiger partial charge in [0.05, 0.1) is 0 Å². The molecule has 70 valence electrons. The second-order valence-electron chi connectivity index (χ2n) is 3.05. The molecule has 0 atom stereocenters. The Hall–Kier alpha value is -0.570. The molecule has 0 aromatic heterocycles. The van der Waals surface area contributed by atoms with Crippen LogP contribution in [0, 0.1) is 5.92 Å². The van der Waals surface area contributed by atoms with Crippen molar-refractivity contribution < 1.29 is 0 Å². The quantitative estimate of drug-likeness (QED) is 0.536. The number of likely N-dealkylation sites (N-methyl/N-ethyl adjacent to an activating group) is 1. The van der Waals surface area contributed by atoms with Crippen LogP contribution in [0.1, 0.15) is 20.8 Å². The molecular weight excluding hydrogens is 168 g/mol.